The maximum absolute atomic E-state index is 13.6. The van der Waals surface area contributed by atoms with Gasteiger partial charge in [-0.3, -0.25) is 0 Å². The van der Waals surface area contributed by atoms with Crippen molar-refractivity contribution in [1.82, 2.24) is 14.9 Å². The SMILES string of the molecule is CNCCc1cn(Cc2ccc(OC)c(F)c2)cn1. The fourth-order valence-corrected chi connectivity index (χ4v) is 1.89. The molecule has 0 aliphatic heterocycles. The third kappa shape index (κ3) is 3.54. The maximum Gasteiger partial charge on any atom is 0.165 e. The second-order valence-electron chi connectivity index (χ2n) is 4.36. The topological polar surface area (TPSA) is 39.1 Å². The van der Waals surface area contributed by atoms with Gasteiger partial charge in [-0.15, -0.1) is 0 Å². The molecular formula is C14H18FN3O. The Morgan fingerprint density at radius 2 is 2.26 bits per heavy atom. The van der Waals surface area contributed by atoms with Crippen molar-refractivity contribution in [3.63, 3.8) is 0 Å². The van der Waals surface area contributed by atoms with Crippen LogP contribution in [0, 0.1) is 5.82 Å². The molecule has 1 aromatic carbocycles. The molecule has 0 bridgehead atoms. The summed E-state index contributed by atoms with van der Waals surface area (Å²) in [5.74, 6) is -0.0698. The molecule has 0 spiro atoms. The van der Waals surface area contributed by atoms with Gasteiger partial charge in [0.15, 0.2) is 11.6 Å². The van der Waals surface area contributed by atoms with Gasteiger partial charge in [-0.25, -0.2) is 9.37 Å². The second-order valence-corrected chi connectivity index (χ2v) is 4.36. The highest BCUT2D eigenvalue weighted by molar-refractivity contribution is 5.29. The van der Waals surface area contributed by atoms with E-state index in [4.69, 9.17) is 4.74 Å². The maximum atomic E-state index is 13.6. The van der Waals surface area contributed by atoms with Crippen LogP contribution in [0.4, 0.5) is 4.39 Å². The minimum absolute atomic E-state index is 0.268. The Morgan fingerprint density at radius 1 is 1.42 bits per heavy atom. The van der Waals surface area contributed by atoms with Crippen LogP contribution >= 0.6 is 0 Å². The van der Waals surface area contributed by atoms with Gasteiger partial charge < -0.3 is 14.6 Å². The van der Waals surface area contributed by atoms with E-state index in [1.165, 1.54) is 13.2 Å². The Balaban J connectivity index is 2.04. The standard InChI is InChI=1S/C14H18FN3O/c1-16-6-5-12-9-18(10-17-12)8-11-3-4-14(19-2)13(15)7-11/h3-4,7,9-10,16H,5-6,8H2,1-2H3. The molecule has 2 rings (SSSR count). The van der Waals surface area contributed by atoms with Crippen molar-refractivity contribution in [2.45, 2.75) is 13.0 Å². The van der Waals surface area contributed by atoms with Gasteiger partial charge in [0.25, 0.3) is 0 Å². The molecule has 0 radical (unpaired) electrons. The molecule has 1 heterocycles. The van der Waals surface area contributed by atoms with Gasteiger partial charge in [0.2, 0.25) is 0 Å². The number of likely N-dealkylation sites (N-methyl/N-ethyl adjacent to an activating group) is 1. The van der Waals surface area contributed by atoms with Crippen LogP contribution in [0.15, 0.2) is 30.7 Å². The molecule has 0 amide bonds. The minimum atomic E-state index is -0.337. The van der Waals surface area contributed by atoms with Crippen molar-refractivity contribution in [2.24, 2.45) is 0 Å². The van der Waals surface area contributed by atoms with Crippen LogP contribution in [0.25, 0.3) is 0 Å². The smallest absolute Gasteiger partial charge is 0.165 e. The molecular weight excluding hydrogens is 245 g/mol. The number of aromatic nitrogens is 2. The molecule has 0 saturated carbocycles. The van der Waals surface area contributed by atoms with E-state index in [0.717, 1.165) is 24.2 Å². The van der Waals surface area contributed by atoms with Crippen molar-refractivity contribution < 1.29 is 9.13 Å². The van der Waals surface area contributed by atoms with Gasteiger partial charge in [-0.2, -0.15) is 0 Å². The number of ether oxygens (including phenoxy) is 1. The van der Waals surface area contributed by atoms with E-state index in [1.807, 2.05) is 23.9 Å². The van der Waals surface area contributed by atoms with Gasteiger partial charge in [0.1, 0.15) is 0 Å². The van der Waals surface area contributed by atoms with Crippen LogP contribution in [0.2, 0.25) is 0 Å². The van der Waals surface area contributed by atoms with E-state index in [1.54, 1.807) is 12.4 Å². The van der Waals surface area contributed by atoms with E-state index < -0.39 is 0 Å². The van der Waals surface area contributed by atoms with Crippen molar-refractivity contribution in [2.75, 3.05) is 20.7 Å². The third-order valence-corrected chi connectivity index (χ3v) is 2.90. The molecule has 4 nitrogen and oxygen atoms in total. The van der Waals surface area contributed by atoms with Crippen molar-refractivity contribution in [1.29, 1.82) is 0 Å². The van der Waals surface area contributed by atoms with Gasteiger partial charge in [-0.1, -0.05) is 6.07 Å². The molecule has 0 fully saturated rings. The van der Waals surface area contributed by atoms with Gasteiger partial charge in [0.05, 0.1) is 19.1 Å². The van der Waals surface area contributed by atoms with Crippen LogP contribution in [0.1, 0.15) is 11.3 Å². The summed E-state index contributed by atoms with van der Waals surface area (Å²) in [6.07, 6.45) is 4.65. The van der Waals surface area contributed by atoms with Crippen molar-refractivity contribution in [3.8, 4) is 5.75 Å². The lowest BCUT2D eigenvalue weighted by molar-refractivity contribution is 0.386. The van der Waals surface area contributed by atoms with E-state index in [0.29, 0.717) is 6.54 Å². The lowest BCUT2D eigenvalue weighted by Gasteiger charge is -2.05. The third-order valence-electron chi connectivity index (χ3n) is 2.90. The second kappa shape index (κ2) is 6.33. The first-order chi connectivity index (χ1) is 9.22. The summed E-state index contributed by atoms with van der Waals surface area (Å²) >= 11 is 0. The van der Waals surface area contributed by atoms with Crippen LogP contribution < -0.4 is 10.1 Å². The van der Waals surface area contributed by atoms with Crippen LogP contribution in [0.3, 0.4) is 0 Å². The molecule has 2 aromatic rings. The van der Waals surface area contributed by atoms with Crippen LogP contribution in [-0.2, 0) is 13.0 Å². The zero-order valence-electron chi connectivity index (χ0n) is 11.2. The zero-order valence-corrected chi connectivity index (χ0v) is 11.2. The highest BCUT2D eigenvalue weighted by Gasteiger charge is 2.04. The van der Waals surface area contributed by atoms with E-state index >= 15 is 0 Å². The molecule has 19 heavy (non-hydrogen) atoms. The first kappa shape index (κ1) is 13.5. The number of nitrogens with one attached hydrogen (secondary N) is 1. The first-order valence-electron chi connectivity index (χ1n) is 6.20. The quantitative estimate of drug-likeness (QED) is 0.864. The largest absolute Gasteiger partial charge is 0.494 e. The average molecular weight is 263 g/mol. The molecule has 102 valence electrons. The normalized spacial score (nSPS) is 10.7. The molecule has 0 atom stereocenters. The summed E-state index contributed by atoms with van der Waals surface area (Å²) in [7, 11) is 3.37. The number of methoxy groups -OCH3 is 1. The van der Waals surface area contributed by atoms with Crippen molar-refractivity contribution >= 4 is 0 Å². The first-order valence-corrected chi connectivity index (χ1v) is 6.20. The van der Waals surface area contributed by atoms with Crippen molar-refractivity contribution in [3.05, 3.63) is 47.8 Å². The Labute approximate surface area is 112 Å². The number of benzene rings is 1. The number of halogens is 1. The summed E-state index contributed by atoms with van der Waals surface area (Å²) in [6.45, 7) is 1.50. The molecule has 0 saturated heterocycles. The summed E-state index contributed by atoms with van der Waals surface area (Å²) in [5, 5.41) is 3.08. The van der Waals surface area contributed by atoms with Crippen LogP contribution in [0.5, 0.6) is 5.75 Å². The van der Waals surface area contributed by atoms with E-state index in [-0.39, 0.29) is 11.6 Å². The molecule has 5 heteroatoms. The predicted octanol–water partition coefficient (Wildman–Crippen LogP) is 1.84. The number of hydrogen-bond donors (Lipinski definition) is 1. The number of imidazole rings is 1. The molecule has 0 unspecified atom stereocenters. The molecule has 1 aromatic heterocycles. The predicted molar refractivity (Wildman–Crippen MR) is 71.9 cm³/mol. The number of nitrogens with zero attached hydrogens (tertiary/aromatic N) is 2. The lowest BCUT2D eigenvalue weighted by Crippen LogP contribution is -2.10. The molecule has 0 aliphatic carbocycles. The average Bonchev–Trinajstić information content (AvgIpc) is 2.84. The summed E-state index contributed by atoms with van der Waals surface area (Å²) in [4.78, 5) is 4.31. The highest BCUT2D eigenvalue weighted by atomic mass is 19.1. The van der Waals surface area contributed by atoms with E-state index in [2.05, 4.69) is 10.3 Å². The fourth-order valence-electron chi connectivity index (χ4n) is 1.89. The zero-order chi connectivity index (χ0) is 13.7. The molecule has 1 N–H and O–H groups in total. The van der Waals surface area contributed by atoms with Crippen LogP contribution in [-0.4, -0.2) is 30.3 Å². The monoisotopic (exact) mass is 263 g/mol. The Bertz CT molecular complexity index is 539. The van der Waals surface area contributed by atoms with Gasteiger partial charge in [0, 0.05) is 25.7 Å². The van der Waals surface area contributed by atoms with Gasteiger partial charge in [-0.05, 0) is 24.7 Å². The summed E-state index contributed by atoms with van der Waals surface area (Å²) in [5.41, 5.74) is 1.92. The Kier molecular flexibility index (Phi) is 4.52. The molecule has 0 aliphatic rings. The summed E-state index contributed by atoms with van der Waals surface area (Å²) < 4.78 is 20.4. The minimum Gasteiger partial charge on any atom is -0.494 e. The Morgan fingerprint density at radius 3 is 2.95 bits per heavy atom. The summed E-state index contributed by atoms with van der Waals surface area (Å²) in [6, 6.07) is 4.99. The number of rotatable bonds is 6. The van der Waals surface area contributed by atoms with E-state index in [9.17, 15) is 4.39 Å². The fraction of sp³-hybridized carbons (Fsp3) is 0.357. The van der Waals surface area contributed by atoms with Gasteiger partial charge >= 0.3 is 0 Å². The Hall–Kier alpha value is -1.88. The lowest BCUT2D eigenvalue weighted by atomic mass is 10.2. The highest BCUT2D eigenvalue weighted by Crippen LogP contribution is 2.18. The number of hydrogen-bond acceptors (Lipinski definition) is 3.